The minimum absolute atomic E-state index is 0.0140. The Kier molecular flexibility index (Phi) is 5.00. The number of benzene rings is 1. The molecule has 0 bridgehead atoms. The molecule has 0 saturated carbocycles. The lowest BCUT2D eigenvalue weighted by Gasteiger charge is -2.15. The van der Waals surface area contributed by atoms with Gasteiger partial charge < -0.3 is 14.9 Å². The maximum Gasteiger partial charge on any atom is 0.226 e. The predicted molar refractivity (Wildman–Crippen MR) is 74.6 cm³/mol. The molecule has 20 heavy (non-hydrogen) atoms. The van der Waals surface area contributed by atoms with Crippen molar-refractivity contribution in [2.24, 2.45) is 0 Å². The number of amides is 1. The van der Waals surface area contributed by atoms with E-state index in [1.54, 1.807) is 24.3 Å². The first-order valence-electron chi connectivity index (χ1n) is 5.86. The Morgan fingerprint density at radius 3 is 2.65 bits per heavy atom. The summed E-state index contributed by atoms with van der Waals surface area (Å²) in [7, 11) is 0. The van der Waals surface area contributed by atoms with Crippen LogP contribution in [0.1, 0.15) is 17.4 Å². The van der Waals surface area contributed by atoms with E-state index in [0.717, 1.165) is 0 Å². The zero-order chi connectivity index (χ0) is 14.5. The number of halogens is 2. The molecule has 1 heterocycles. The minimum atomic E-state index is -0.975. The lowest BCUT2D eigenvalue weighted by Crippen LogP contribution is -2.30. The zero-order valence-electron chi connectivity index (χ0n) is 10.3. The van der Waals surface area contributed by atoms with Gasteiger partial charge >= 0.3 is 0 Å². The molecule has 2 rings (SSSR count). The van der Waals surface area contributed by atoms with Crippen LogP contribution in [-0.4, -0.2) is 22.7 Å². The molecule has 1 atom stereocenters. The van der Waals surface area contributed by atoms with Crippen LogP contribution >= 0.6 is 23.2 Å². The predicted octanol–water partition coefficient (Wildman–Crippen LogP) is 2.37. The quantitative estimate of drug-likeness (QED) is 0.888. The molecule has 0 saturated heterocycles. The number of carbonyl (C=O) groups is 1. The van der Waals surface area contributed by atoms with Crippen LogP contribution in [0.15, 0.2) is 35.1 Å². The van der Waals surface area contributed by atoms with Crippen molar-refractivity contribution in [3.8, 4) is 0 Å². The summed E-state index contributed by atoms with van der Waals surface area (Å²) < 4.78 is 4.63. The average molecular weight is 315 g/mol. The average Bonchev–Trinajstić information content (AvgIpc) is 2.89. The normalized spacial score (nSPS) is 12.2. The van der Waals surface area contributed by atoms with Gasteiger partial charge in [-0.2, -0.15) is 0 Å². The van der Waals surface area contributed by atoms with E-state index in [2.05, 4.69) is 15.0 Å². The van der Waals surface area contributed by atoms with Gasteiger partial charge in [-0.25, -0.2) is 0 Å². The van der Waals surface area contributed by atoms with Crippen molar-refractivity contribution in [1.82, 2.24) is 10.5 Å². The van der Waals surface area contributed by atoms with Crippen molar-refractivity contribution in [1.29, 1.82) is 0 Å². The maximum absolute atomic E-state index is 11.6. The number of nitrogens with zero attached hydrogens (tertiary/aromatic N) is 1. The Labute approximate surface area is 125 Å². The summed E-state index contributed by atoms with van der Waals surface area (Å²) in [5, 5.41) is 17.0. The lowest BCUT2D eigenvalue weighted by atomic mass is 10.1. The molecule has 0 spiro atoms. The number of hydrogen-bond acceptors (Lipinski definition) is 4. The van der Waals surface area contributed by atoms with Gasteiger partial charge in [-0.1, -0.05) is 34.4 Å². The number of rotatable bonds is 5. The van der Waals surface area contributed by atoms with Crippen molar-refractivity contribution in [3.63, 3.8) is 0 Å². The van der Waals surface area contributed by atoms with E-state index in [9.17, 15) is 9.90 Å². The lowest BCUT2D eigenvalue weighted by molar-refractivity contribution is -0.121. The molecule has 1 amide bonds. The minimum Gasteiger partial charge on any atom is -0.386 e. The van der Waals surface area contributed by atoms with Gasteiger partial charge in [0, 0.05) is 28.2 Å². The first-order valence-corrected chi connectivity index (χ1v) is 6.61. The second kappa shape index (κ2) is 6.74. The molecule has 106 valence electrons. The summed E-state index contributed by atoms with van der Waals surface area (Å²) in [5.41, 5.74) is 0.922. The summed E-state index contributed by atoms with van der Waals surface area (Å²) >= 11 is 12.0. The summed E-state index contributed by atoms with van der Waals surface area (Å²) in [6.45, 7) is 0.0140. The van der Waals surface area contributed by atoms with Crippen molar-refractivity contribution < 1.29 is 14.4 Å². The van der Waals surface area contributed by atoms with E-state index in [-0.39, 0.29) is 18.9 Å². The van der Waals surface area contributed by atoms with E-state index >= 15 is 0 Å². The van der Waals surface area contributed by atoms with Crippen LogP contribution in [0.3, 0.4) is 0 Å². The number of nitrogens with one attached hydrogen (secondary N) is 1. The Hall–Kier alpha value is -1.56. The molecule has 0 radical (unpaired) electrons. The van der Waals surface area contributed by atoms with Gasteiger partial charge in [0.2, 0.25) is 5.91 Å². The van der Waals surface area contributed by atoms with Crippen LogP contribution in [-0.2, 0) is 11.2 Å². The zero-order valence-corrected chi connectivity index (χ0v) is 11.9. The van der Waals surface area contributed by atoms with Gasteiger partial charge in [0.15, 0.2) is 0 Å². The van der Waals surface area contributed by atoms with E-state index in [4.69, 9.17) is 23.2 Å². The number of aromatic nitrogens is 1. The molecule has 1 aromatic heterocycles. The number of hydrogen-bond donors (Lipinski definition) is 2. The molecule has 2 aromatic rings. The molecule has 7 heteroatoms. The molecule has 2 N–H and O–H groups in total. The standard InChI is InChI=1S/C13H12Cl2N2O3/c14-9-2-1-3-10(15)13(9)11(18)7-16-12(19)6-8-4-5-20-17-8/h1-5,11,18H,6-7H2,(H,16,19). The van der Waals surface area contributed by atoms with Crippen LogP contribution < -0.4 is 5.32 Å². The fourth-order valence-corrected chi connectivity index (χ4v) is 2.35. The smallest absolute Gasteiger partial charge is 0.226 e. The maximum atomic E-state index is 11.6. The van der Waals surface area contributed by atoms with Crippen LogP contribution in [0.4, 0.5) is 0 Å². The Balaban J connectivity index is 1.92. The van der Waals surface area contributed by atoms with Gasteiger partial charge in [-0.3, -0.25) is 4.79 Å². The third-order valence-electron chi connectivity index (χ3n) is 2.66. The fraction of sp³-hybridized carbons (Fsp3) is 0.231. The highest BCUT2D eigenvalue weighted by Crippen LogP contribution is 2.29. The molecular formula is C13H12Cl2N2O3. The fourth-order valence-electron chi connectivity index (χ4n) is 1.70. The molecule has 1 aromatic carbocycles. The molecule has 0 fully saturated rings. The van der Waals surface area contributed by atoms with Gasteiger partial charge in [0.05, 0.1) is 18.2 Å². The topological polar surface area (TPSA) is 75.4 Å². The summed E-state index contributed by atoms with van der Waals surface area (Å²) in [6, 6.07) is 6.54. The Morgan fingerprint density at radius 1 is 1.35 bits per heavy atom. The molecule has 5 nitrogen and oxygen atoms in total. The highest BCUT2D eigenvalue weighted by Gasteiger charge is 2.16. The molecule has 0 aliphatic rings. The summed E-state index contributed by atoms with van der Waals surface area (Å²) in [5.74, 6) is -0.277. The van der Waals surface area contributed by atoms with Crippen LogP contribution in [0.5, 0.6) is 0 Å². The van der Waals surface area contributed by atoms with Gasteiger partial charge in [-0.15, -0.1) is 0 Å². The van der Waals surface area contributed by atoms with Crippen LogP contribution in [0, 0.1) is 0 Å². The number of aliphatic hydroxyl groups is 1. The first kappa shape index (κ1) is 14.8. The molecule has 1 unspecified atom stereocenters. The third-order valence-corrected chi connectivity index (χ3v) is 3.32. The molecular weight excluding hydrogens is 303 g/mol. The third kappa shape index (κ3) is 3.72. The second-order valence-corrected chi connectivity index (χ2v) is 4.94. The summed E-state index contributed by atoms with van der Waals surface area (Å²) in [6.07, 6.45) is 0.498. The molecule has 0 aliphatic carbocycles. The van der Waals surface area contributed by atoms with Crippen LogP contribution in [0.2, 0.25) is 10.0 Å². The largest absolute Gasteiger partial charge is 0.386 e. The Morgan fingerprint density at radius 2 is 2.05 bits per heavy atom. The highest BCUT2D eigenvalue weighted by atomic mass is 35.5. The van der Waals surface area contributed by atoms with Gasteiger partial charge in [0.25, 0.3) is 0 Å². The van der Waals surface area contributed by atoms with Crippen molar-refractivity contribution in [2.75, 3.05) is 6.54 Å². The van der Waals surface area contributed by atoms with E-state index in [0.29, 0.717) is 21.3 Å². The monoisotopic (exact) mass is 314 g/mol. The van der Waals surface area contributed by atoms with Gasteiger partial charge in [0.1, 0.15) is 6.26 Å². The molecule has 0 aliphatic heterocycles. The second-order valence-electron chi connectivity index (χ2n) is 4.12. The van der Waals surface area contributed by atoms with Crippen molar-refractivity contribution in [2.45, 2.75) is 12.5 Å². The first-order chi connectivity index (χ1) is 9.58. The number of carbonyl (C=O) groups excluding carboxylic acids is 1. The van der Waals surface area contributed by atoms with E-state index in [1.165, 1.54) is 6.26 Å². The Bertz CT molecular complexity index is 567. The van der Waals surface area contributed by atoms with Gasteiger partial charge in [-0.05, 0) is 12.1 Å². The SMILES string of the molecule is O=C(Cc1ccon1)NCC(O)c1c(Cl)cccc1Cl. The highest BCUT2D eigenvalue weighted by molar-refractivity contribution is 6.36. The van der Waals surface area contributed by atoms with Crippen LogP contribution in [0.25, 0.3) is 0 Å². The van der Waals surface area contributed by atoms with Crippen molar-refractivity contribution in [3.05, 3.63) is 51.8 Å². The van der Waals surface area contributed by atoms with Crippen molar-refractivity contribution >= 4 is 29.1 Å². The summed E-state index contributed by atoms with van der Waals surface area (Å²) in [4.78, 5) is 11.6. The number of aliphatic hydroxyl groups excluding tert-OH is 1. The van der Waals surface area contributed by atoms with E-state index < -0.39 is 6.10 Å². The van der Waals surface area contributed by atoms with E-state index in [1.807, 2.05) is 0 Å².